The molecule has 16 N–H and O–H groups in total. The van der Waals surface area contributed by atoms with E-state index in [9.17, 15) is 81.1 Å². The first-order chi connectivity index (χ1) is 41.3. The van der Waals surface area contributed by atoms with Crippen molar-refractivity contribution in [3.8, 4) is 0 Å². The smallest absolute Gasteiger partial charge is 0.330 e. The van der Waals surface area contributed by atoms with E-state index in [4.69, 9.17) is 15.2 Å². The van der Waals surface area contributed by atoms with Crippen LogP contribution >= 0.6 is 0 Å². The monoisotopic (exact) mass is 1230 g/mol. The summed E-state index contributed by atoms with van der Waals surface area (Å²) in [7, 11) is 1.34. The van der Waals surface area contributed by atoms with Crippen LogP contribution in [0.15, 0.2) is 146 Å². The Morgan fingerprint density at radius 1 is 0.575 bits per heavy atom. The number of ketones is 1. The molecular formula is C67H109NO19. The number of ether oxygens (including phenoxy) is 3. The first-order valence-electron chi connectivity index (χ1n) is 30.4. The topological polar surface area (TPSA) is 371 Å². The molecule has 0 bridgehead atoms. The molecule has 0 aromatic rings. The lowest BCUT2D eigenvalue weighted by molar-refractivity contribution is -0.306. The van der Waals surface area contributed by atoms with Crippen molar-refractivity contribution in [3.63, 3.8) is 0 Å². The molecule has 1 aliphatic heterocycles. The second-order valence-corrected chi connectivity index (χ2v) is 22.2. The van der Waals surface area contributed by atoms with E-state index in [-0.39, 0.29) is 82.0 Å². The SMILES string of the molecule is C/C=C/C=C/CC(OC1OC(C)C(O)C(O)C1O)C(C)C(=O)CC(O)CC(O)CC(O)/C=C/CC(O)CC(O)CC(O)CC(O)/C=C/CC(O)CC(O)CCCN.C=C/C=C/C=C/C(O)C(C)C(O)C(C)/C=C/CC/C=C/C=C/C=C/C=C/C(=O)OC. The van der Waals surface area contributed by atoms with E-state index in [1.165, 1.54) is 38.3 Å². The van der Waals surface area contributed by atoms with Gasteiger partial charge in [0.25, 0.3) is 0 Å². The van der Waals surface area contributed by atoms with Crippen LogP contribution in [0, 0.1) is 17.8 Å². The third kappa shape index (κ3) is 40.6. The van der Waals surface area contributed by atoms with Gasteiger partial charge in [-0.05, 0) is 91.0 Å². The summed E-state index contributed by atoms with van der Waals surface area (Å²) in [6, 6.07) is 0. The number of Topliss-reactive ketones (excluding diaryl/α,β-unsaturated/α-hetero) is 1. The van der Waals surface area contributed by atoms with E-state index < -0.39 is 116 Å². The zero-order valence-electron chi connectivity index (χ0n) is 52.0. The molecule has 1 heterocycles. The average molecular weight is 1230 g/mol. The average Bonchev–Trinajstić information content (AvgIpc) is 1.96. The number of carbonyl (C=O) groups excluding carboxylic acids is 2. The normalized spacial score (nSPS) is 23.4. The largest absolute Gasteiger partial charge is 0.466 e. The zero-order chi connectivity index (χ0) is 65.7. The van der Waals surface area contributed by atoms with E-state index in [0.717, 1.165) is 12.8 Å². The number of aliphatic hydroxyl groups is 14. The van der Waals surface area contributed by atoms with Gasteiger partial charge >= 0.3 is 5.97 Å². The summed E-state index contributed by atoms with van der Waals surface area (Å²) in [5.74, 6) is -1.88. The van der Waals surface area contributed by atoms with Crippen LogP contribution < -0.4 is 5.73 Å². The van der Waals surface area contributed by atoms with Gasteiger partial charge in [-0.25, -0.2) is 4.79 Å². The van der Waals surface area contributed by atoms with E-state index in [1.807, 2.05) is 57.2 Å². The van der Waals surface area contributed by atoms with Crippen LogP contribution in [-0.4, -0.2) is 201 Å². The highest BCUT2D eigenvalue weighted by molar-refractivity contribution is 5.82. The Balaban J connectivity index is 0.00000207. The van der Waals surface area contributed by atoms with Crippen molar-refractivity contribution in [2.45, 2.75) is 228 Å². The van der Waals surface area contributed by atoms with Gasteiger partial charge in [-0.3, -0.25) is 4.79 Å². The lowest BCUT2D eigenvalue weighted by Crippen LogP contribution is -2.58. The fourth-order valence-corrected chi connectivity index (χ4v) is 8.92. The number of rotatable bonds is 44. The van der Waals surface area contributed by atoms with Crippen molar-refractivity contribution in [1.29, 1.82) is 0 Å². The third-order valence-corrected chi connectivity index (χ3v) is 14.3. The van der Waals surface area contributed by atoms with Gasteiger partial charge in [0.15, 0.2) is 6.29 Å². The first kappa shape index (κ1) is 82.3. The minimum Gasteiger partial charge on any atom is -0.466 e. The molecule has 1 saturated heterocycles. The second-order valence-electron chi connectivity index (χ2n) is 22.2. The second kappa shape index (κ2) is 50.1. The number of hydrogen-bond donors (Lipinski definition) is 15. The van der Waals surface area contributed by atoms with Gasteiger partial charge in [-0.15, -0.1) is 0 Å². The molecular weight excluding hydrogens is 1120 g/mol. The van der Waals surface area contributed by atoms with Crippen LogP contribution in [0.4, 0.5) is 0 Å². The molecule has 0 spiro atoms. The van der Waals surface area contributed by atoms with Crippen molar-refractivity contribution in [3.05, 3.63) is 146 Å². The van der Waals surface area contributed by atoms with Gasteiger partial charge in [0, 0.05) is 43.1 Å². The van der Waals surface area contributed by atoms with Crippen molar-refractivity contribution in [2.75, 3.05) is 13.7 Å². The summed E-state index contributed by atoms with van der Waals surface area (Å²) in [4.78, 5) is 24.1. The molecule has 20 nitrogen and oxygen atoms in total. The predicted molar refractivity (Wildman–Crippen MR) is 338 cm³/mol. The molecule has 0 saturated carbocycles. The quantitative estimate of drug-likeness (QED) is 0.0131. The molecule has 0 radical (unpaired) electrons. The molecule has 0 aromatic heterocycles. The van der Waals surface area contributed by atoms with Crippen molar-refractivity contribution < 1.29 is 95.3 Å². The molecule has 0 aliphatic carbocycles. The summed E-state index contributed by atoms with van der Waals surface area (Å²) in [5, 5.41) is 144. The molecule has 1 aliphatic rings. The molecule has 1 rings (SSSR count). The highest BCUT2D eigenvalue weighted by Gasteiger charge is 2.44. The molecule has 496 valence electrons. The van der Waals surface area contributed by atoms with Crippen LogP contribution in [-0.2, 0) is 23.8 Å². The zero-order valence-corrected chi connectivity index (χ0v) is 52.0. The molecule has 20 unspecified atom stereocenters. The van der Waals surface area contributed by atoms with E-state index >= 15 is 0 Å². The van der Waals surface area contributed by atoms with E-state index in [2.05, 4.69) is 23.5 Å². The predicted octanol–water partition coefficient (Wildman–Crippen LogP) is 4.55. The Morgan fingerprint density at radius 2 is 1.10 bits per heavy atom. The Kier molecular flexibility index (Phi) is 47.4. The maximum Gasteiger partial charge on any atom is 0.330 e. The standard InChI is InChI=1S/C41H73NO15.C26H36O4/c1-4-5-6-7-16-37(57-41-40(55)39(54)38(53)26(3)56-41)25(2)36(52)24-35(51)23-34(50)21-30(46)14-9-13-29(45)20-33(49)22-32(48)19-28(44)12-8-11-27(43)18-31(47)15-10-17-42;1-5-6-7-17-20-24(27)23(3)26(29)22(2)19-16-14-12-10-8-9-11-13-15-18-21-25(28)30-4/h4-9,12,14,25-35,37-41,43-51,53-55H,10-11,13,15-24,42H2,1-3H3;5-11,13,15-24,26-27,29H,1,12,14H2,2-4H3/b5-4+,7-6+,12-8+,14-9+;7-6+,10-8+,11-9+,15-13+,19-16+,20-17+,21-18+. The highest BCUT2D eigenvalue weighted by Crippen LogP contribution is 2.27. The van der Waals surface area contributed by atoms with Crippen LogP contribution in [0.2, 0.25) is 0 Å². The fraction of sp³-hybridized carbons (Fsp3) is 0.612. The van der Waals surface area contributed by atoms with E-state index in [0.29, 0.717) is 19.4 Å². The number of aliphatic hydroxyl groups excluding tert-OH is 14. The summed E-state index contributed by atoms with van der Waals surface area (Å²) in [6.45, 7) is 12.8. The number of nitrogens with two attached hydrogens (primary N) is 1. The highest BCUT2D eigenvalue weighted by atomic mass is 16.7. The fourth-order valence-electron chi connectivity index (χ4n) is 8.92. The summed E-state index contributed by atoms with van der Waals surface area (Å²) >= 11 is 0. The Morgan fingerprint density at radius 3 is 1.69 bits per heavy atom. The summed E-state index contributed by atoms with van der Waals surface area (Å²) < 4.78 is 16.0. The minimum atomic E-state index is -1.57. The van der Waals surface area contributed by atoms with Gasteiger partial charge < -0.3 is 91.4 Å². The summed E-state index contributed by atoms with van der Waals surface area (Å²) in [5.41, 5.74) is 5.41. The van der Waals surface area contributed by atoms with Gasteiger partial charge in [0.05, 0.1) is 86.5 Å². The summed E-state index contributed by atoms with van der Waals surface area (Å²) in [6.07, 6.45) is 24.7. The minimum absolute atomic E-state index is 0.0428. The van der Waals surface area contributed by atoms with Gasteiger partial charge in [0.1, 0.15) is 24.1 Å². The Bertz CT molecular complexity index is 2150. The number of carbonyl (C=O) groups is 2. The number of methoxy groups -OCH3 is 1. The molecule has 87 heavy (non-hydrogen) atoms. The molecule has 1 fully saturated rings. The lowest BCUT2D eigenvalue weighted by Gasteiger charge is -2.41. The van der Waals surface area contributed by atoms with Gasteiger partial charge in [0.2, 0.25) is 0 Å². The number of hydrogen-bond acceptors (Lipinski definition) is 20. The van der Waals surface area contributed by atoms with Crippen molar-refractivity contribution >= 4 is 11.8 Å². The number of allylic oxidation sites excluding steroid dienone is 15. The van der Waals surface area contributed by atoms with Crippen LogP contribution in [0.25, 0.3) is 0 Å². The Hall–Kier alpha value is -4.66. The molecule has 20 atom stereocenters. The number of unbranched alkanes of at least 4 members (excludes halogenated alkanes) is 1. The van der Waals surface area contributed by atoms with Crippen LogP contribution in [0.3, 0.4) is 0 Å². The maximum atomic E-state index is 13.2. The maximum absolute atomic E-state index is 13.2. The third-order valence-electron chi connectivity index (χ3n) is 14.3. The first-order valence-corrected chi connectivity index (χ1v) is 30.4. The van der Waals surface area contributed by atoms with Gasteiger partial charge in [-0.2, -0.15) is 0 Å². The molecule has 0 aromatic carbocycles. The van der Waals surface area contributed by atoms with Crippen LogP contribution in [0.5, 0.6) is 0 Å². The van der Waals surface area contributed by atoms with Crippen molar-refractivity contribution in [2.24, 2.45) is 23.5 Å². The Labute approximate surface area is 517 Å². The molecule has 0 amide bonds. The molecule has 20 heteroatoms. The lowest BCUT2D eigenvalue weighted by atomic mass is 9.88. The van der Waals surface area contributed by atoms with Crippen LogP contribution in [0.1, 0.15) is 125 Å². The van der Waals surface area contributed by atoms with Crippen molar-refractivity contribution in [1.82, 2.24) is 0 Å². The number of esters is 1. The van der Waals surface area contributed by atoms with Gasteiger partial charge in [-0.1, -0.05) is 161 Å². The van der Waals surface area contributed by atoms with E-state index in [1.54, 1.807) is 73.8 Å².